The first-order valence-electron chi connectivity index (χ1n) is 4.05. The van der Waals surface area contributed by atoms with E-state index in [-0.39, 0.29) is 0 Å². The van der Waals surface area contributed by atoms with Gasteiger partial charge in [0.2, 0.25) is 0 Å². The number of hydrogen-bond acceptors (Lipinski definition) is 2. The number of rotatable bonds is 0. The molecule has 0 atom stereocenters. The summed E-state index contributed by atoms with van der Waals surface area (Å²) in [5.41, 5.74) is 0. The Balaban J connectivity index is 0.000000292. The zero-order valence-corrected chi connectivity index (χ0v) is 7.01. The van der Waals surface area contributed by atoms with Crippen LogP contribution in [0, 0.1) is 28.6 Å². The maximum atomic E-state index is 8.44. The molecule has 0 amide bonds. The second-order valence-corrected chi connectivity index (χ2v) is 2.69. The van der Waals surface area contributed by atoms with E-state index in [0.717, 1.165) is 12.8 Å². The second kappa shape index (κ2) is 7.09. The van der Waals surface area contributed by atoms with Crippen molar-refractivity contribution in [2.45, 2.75) is 39.0 Å². The van der Waals surface area contributed by atoms with E-state index in [1.54, 1.807) is 6.07 Å². The molecule has 0 aromatic carbocycles. The molecule has 0 aromatic heterocycles. The smallest absolute Gasteiger partial charge is 0.0655 e. The first kappa shape index (κ1) is 9.98. The van der Waals surface area contributed by atoms with E-state index in [9.17, 15) is 0 Å². The third kappa shape index (κ3) is 5.43. The van der Waals surface area contributed by atoms with Crippen LogP contribution in [0.5, 0.6) is 0 Å². The van der Waals surface area contributed by atoms with Crippen LogP contribution in [0.25, 0.3) is 0 Å². The molecule has 1 fully saturated rings. The molecule has 0 spiro atoms. The van der Waals surface area contributed by atoms with Crippen LogP contribution < -0.4 is 0 Å². The second-order valence-electron chi connectivity index (χ2n) is 2.69. The third-order valence-electron chi connectivity index (χ3n) is 1.79. The van der Waals surface area contributed by atoms with Gasteiger partial charge in [-0.3, -0.25) is 0 Å². The third-order valence-corrected chi connectivity index (χ3v) is 1.79. The highest BCUT2D eigenvalue weighted by Crippen LogP contribution is 2.22. The standard InChI is InChI=1S/C7H11N.C2H3N/c8-6-7-4-2-1-3-5-7;1-2-3/h7H,1-5H2;1H3. The van der Waals surface area contributed by atoms with E-state index in [4.69, 9.17) is 10.5 Å². The van der Waals surface area contributed by atoms with Crippen LogP contribution >= 0.6 is 0 Å². The average molecular weight is 150 g/mol. The van der Waals surface area contributed by atoms with Crippen molar-refractivity contribution in [1.29, 1.82) is 10.5 Å². The summed E-state index contributed by atoms with van der Waals surface area (Å²) in [5.74, 6) is 0.392. The SMILES string of the molecule is CC#N.N#CC1CCCCC1. The molecule has 11 heavy (non-hydrogen) atoms. The van der Waals surface area contributed by atoms with Crippen molar-refractivity contribution in [3.63, 3.8) is 0 Å². The Kier molecular flexibility index (Phi) is 6.43. The quantitative estimate of drug-likeness (QED) is 0.533. The van der Waals surface area contributed by atoms with Crippen molar-refractivity contribution in [3.05, 3.63) is 0 Å². The Morgan fingerprint density at radius 1 is 1.09 bits per heavy atom. The summed E-state index contributed by atoms with van der Waals surface area (Å²) in [6.45, 7) is 1.43. The molecule has 2 heteroatoms. The van der Waals surface area contributed by atoms with E-state index in [0.29, 0.717) is 5.92 Å². The predicted molar refractivity (Wildman–Crippen MR) is 43.5 cm³/mol. The maximum absolute atomic E-state index is 8.44. The average Bonchev–Trinajstić information content (AvgIpc) is 2.08. The van der Waals surface area contributed by atoms with Crippen LogP contribution in [0.2, 0.25) is 0 Å². The van der Waals surface area contributed by atoms with Crippen molar-refractivity contribution in [2.75, 3.05) is 0 Å². The fraction of sp³-hybridized carbons (Fsp3) is 0.778. The summed E-state index contributed by atoms with van der Waals surface area (Å²) < 4.78 is 0. The lowest BCUT2D eigenvalue weighted by Gasteiger charge is -2.13. The molecule has 0 aliphatic heterocycles. The lowest BCUT2D eigenvalue weighted by Crippen LogP contribution is -2.02. The lowest BCUT2D eigenvalue weighted by atomic mass is 9.91. The molecule has 2 nitrogen and oxygen atoms in total. The van der Waals surface area contributed by atoms with Crippen LogP contribution in [0.4, 0.5) is 0 Å². The maximum Gasteiger partial charge on any atom is 0.0655 e. The van der Waals surface area contributed by atoms with Gasteiger partial charge < -0.3 is 0 Å². The summed E-state index contributed by atoms with van der Waals surface area (Å²) in [5, 5.41) is 15.8. The van der Waals surface area contributed by atoms with Crippen molar-refractivity contribution in [3.8, 4) is 12.1 Å². The Hall–Kier alpha value is -1.02. The molecule has 0 aromatic rings. The minimum atomic E-state index is 0.392. The van der Waals surface area contributed by atoms with Gasteiger partial charge in [-0.2, -0.15) is 10.5 Å². The van der Waals surface area contributed by atoms with Crippen LogP contribution in [-0.4, -0.2) is 0 Å². The largest absolute Gasteiger partial charge is 0.199 e. The first-order chi connectivity index (χ1) is 5.35. The molecule has 0 N–H and O–H groups in total. The minimum absolute atomic E-state index is 0.392. The minimum Gasteiger partial charge on any atom is -0.199 e. The van der Waals surface area contributed by atoms with Crippen LogP contribution in [-0.2, 0) is 0 Å². The fourth-order valence-corrected chi connectivity index (χ4v) is 1.23. The zero-order chi connectivity index (χ0) is 8.53. The monoisotopic (exact) mass is 150 g/mol. The van der Waals surface area contributed by atoms with Gasteiger partial charge in [-0.25, -0.2) is 0 Å². The highest BCUT2D eigenvalue weighted by molar-refractivity contribution is 4.84. The Bertz CT molecular complexity index is 155. The predicted octanol–water partition coefficient (Wildman–Crippen LogP) is 2.62. The van der Waals surface area contributed by atoms with Gasteiger partial charge in [-0.1, -0.05) is 19.3 Å². The van der Waals surface area contributed by atoms with Crippen LogP contribution in [0.1, 0.15) is 39.0 Å². The molecule has 1 aliphatic rings. The number of hydrogen-bond donors (Lipinski definition) is 0. The molecule has 0 saturated heterocycles. The highest BCUT2D eigenvalue weighted by Gasteiger charge is 2.10. The molecular weight excluding hydrogens is 136 g/mol. The normalized spacial score (nSPS) is 17.0. The summed E-state index contributed by atoms with van der Waals surface area (Å²) >= 11 is 0. The van der Waals surface area contributed by atoms with Gasteiger partial charge in [-0.05, 0) is 12.8 Å². The van der Waals surface area contributed by atoms with Crippen LogP contribution in [0.3, 0.4) is 0 Å². The van der Waals surface area contributed by atoms with E-state index in [2.05, 4.69) is 6.07 Å². The molecule has 0 heterocycles. The van der Waals surface area contributed by atoms with E-state index in [1.165, 1.54) is 26.2 Å². The topological polar surface area (TPSA) is 47.6 Å². The molecule has 1 saturated carbocycles. The van der Waals surface area contributed by atoms with Gasteiger partial charge >= 0.3 is 0 Å². The van der Waals surface area contributed by atoms with Gasteiger partial charge in [0, 0.05) is 12.8 Å². The zero-order valence-electron chi connectivity index (χ0n) is 7.01. The fourth-order valence-electron chi connectivity index (χ4n) is 1.23. The molecule has 60 valence electrons. The van der Waals surface area contributed by atoms with Crippen molar-refractivity contribution >= 4 is 0 Å². The molecule has 0 unspecified atom stereocenters. The molecule has 0 bridgehead atoms. The summed E-state index contributed by atoms with van der Waals surface area (Å²) in [6.07, 6.45) is 6.20. The van der Waals surface area contributed by atoms with Gasteiger partial charge in [-0.15, -0.1) is 0 Å². The van der Waals surface area contributed by atoms with Crippen molar-refractivity contribution in [2.24, 2.45) is 5.92 Å². The summed E-state index contributed by atoms with van der Waals surface area (Å²) in [6, 6.07) is 4.05. The van der Waals surface area contributed by atoms with Crippen molar-refractivity contribution < 1.29 is 0 Å². The molecular formula is C9H14N2. The van der Waals surface area contributed by atoms with E-state index < -0.39 is 0 Å². The number of nitrogens with zero attached hydrogens (tertiary/aromatic N) is 2. The summed E-state index contributed by atoms with van der Waals surface area (Å²) in [7, 11) is 0. The molecule has 1 aliphatic carbocycles. The summed E-state index contributed by atoms with van der Waals surface area (Å²) in [4.78, 5) is 0. The van der Waals surface area contributed by atoms with Gasteiger partial charge in [0.05, 0.1) is 12.1 Å². The Morgan fingerprint density at radius 2 is 1.55 bits per heavy atom. The van der Waals surface area contributed by atoms with Crippen LogP contribution in [0.15, 0.2) is 0 Å². The molecule has 1 rings (SSSR count). The van der Waals surface area contributed by atoms with E-state index in [1.807, 2.05) is 0 Å². The highest BCUT2D eigenvalue weighted by atomic mass is 14.3. The van der Waals surface area contributed by atoms with Gasteiger partial charge in [0.15, 0.2) is 0 Å². The van der Waals surface area contributed by atoms with Gasteiger partial charge in [0.25, 0.3) is 0 Å². The van der Waals surface area contributed by atoms with Crippen molar-refractivity contribution in [1.82, 2.24) is 0 Å². The lowest BCUT2D eigenvalue weighted by molar-refractivity contribution is 0.427. The first-order valence-corrected chi connectivity index (χ1v) is 4.05. The van der Waals surface area contributed by atoms with Gasteiger partial charge in [0.1, 0.15) is 0 Å². The Labute approximate surface area is 68.4 Å². The number of nitriles is 2. The molecule has 0 radical (unpaired) electrons. The Morgan fingerprint density at radius 3 is 1.82 bits per heavy atom. The van der Waals surface area contributed by atoms with E-state index >= 15 is 0 Å².